The molecule has 0 aliphatic carbocycles. The fourth-order valence-corrected chi connectivity index (χ4v) is 3.29. The van der Waals surface area contributed by atoms with Gasteiger partial charge in [0, 0.05) is 18.4 Å². The van der Waals surface area contributed by atoms with Crippen LogP contribution < -0.4 is 0 Å². The fraction of sp³-hybridized carbons (Fsp3) is 0.538. The number of fused-ring (bicyclic) bond motifs is 1. The summed E-state index contributed by atoms with van der Waals surface area (Å²) in [7, 11) is -1.52. The van der Waals surface area contributed by atoms with Crippen molar-refractivity contribution in [1.29, 1.82) is 0 Å². The number of ether oxygens (including phenoxy) is 1. The average molecular weight is 282 g/mol. The van der Waals surface area contributed by atoms with E-state index in [-0.39, 0.29) is 11.5 Å². The Morgan fingerprint density at radius 3 is 2.74 bits per heavy atom. The molecule has 0 saturated carbocycles. The lowest BCUT2D eigenvalue weighted by Crippen LogP contribution is -2.30. The maximum Gasteiger partial charge on any atom is 0.349 e. The van der Waals surface area contributed by atoms with Gasteiger partial charge >= 0.3 is 5.97 Å². The Balaban J connectivity index is 2.30. The Morgan fingerprint density at radius 2 is 2.16 bits per heavy atom. The van der Waals surface area contributed by atoms with Crippen molar-refractivity contribution in [3.8, 4) is 0 Å². The zero-order valence-corrected chi connectivity index (χ0v) is 12.2. The van der Waals surface area contributed by atoms with Crippen LogP contribution in [0.15, 0.2) is 27.4 Å². The maximum atomic E-state index is 12.3. The minimum absolute atomic E-state index is 0.188. The number of hydrogen-bond donors (Lipinski definition) is 0. The first-order chi connectivity index (χ1) is 9.12. The monoisotopic (exact) mass is 282 g/mol. The number of allylic oxidation sites excluding steroid dienone is 1. The second-order valence-electron chi connectivity index (χ2n) is 4.26. The smallest absolute Gasteiger partial charge is 0.349 e. The number of esters is 1. The highest BCUT2D eigenvalue weighted by Gasteiger charge is 2.36. The van der Waals surface area contributed by atoms with E-state index in [0.29, 0.717) is 11.7 Å². The molecule has 104 valence electrons. The normalized spacial score (nSPS) is 22.1. The quantitative estimate of drug-likeness (QED) is 0.739. The molecule has 0 aromatic carbocycles. The van der Waals surface area contributed by atoms with Gasteiger partial charge in [0.2, 0.25) is 5.17 Å². The van der Waals surface area contributed by atoms with E-state index in [2.05, 4.69) is 11.9 Å². The lowest BCUT2D eigenvalue weighted by molar-refractivity contribution is -0.137. The van der Waals surface area contributed by atoms with Crippen LogP contribution in [0.4, 0.5) is 0 Å². The van der Waals surface area contributed by atoms with Gasteiger partial charge in [0.05, 0.1) is 6.61 Å². The van der Waals surface area contributed by atoms with Gasteiger partial charge < -0.3 is 9.64 Å². The van der Waals surface area contributed by atoms with E-state index < -0.39 is 16.8 Å². The first kappa shape index (κ1) is 14.0. The van der Waals surface area contributed by atoms with Gasteiger partial charge in [0.25, 0.3) is 0 Å². The van der Waals surface area contributed by atoms with Crippen molar-refractivity contribution in [2.45, 2.75) is 33.6 Å². The minimum Gasteiger partial charge on any atom is -0.462 e. The Morgan fingerprint density at radius 1 is 1.42 bits per heavy atom. The largest absolute Gasteiger partial charge is 0.462 e. The molecule has 0 bridgehead atoms. The zero-order chi connectivity index (χ0) is 14.0. The van der Waals surface area contributed by atoms with Crippen molar-refractivity contribution in [2.24, 2.45) is 4.99 Å². The van der Waals surface area contributed by atoms with E-state index in [1.807, 2.05) is 6.92 Å². The molecule has 2 rings (SSSR count). The van der Waals surface area contributed by atoms with Crippen molar-refractivity contribution in [3.63, 3.8) is 0 Å². The van der Waals surface area contributed by atoms with E-state index >= 15 is 0 Å². The molecule has 1 atom stereocenters. The van der Waals surface area contributed by atoms with E-state index in [0.717, 1.165) is 18.5 Å². The molecule has 0 aromatic heterocycles. The van der Waals surface area contributed by atoms with Gasteiger partial charge in [-0.15, -0.1) is 0 Å². The SMILES string of the molecule is CCOC(=O)C1=CN2CC(CC)=C(CC)N=C2S1=O. The molecule has 2 aliphatic heterocycles. The molecule has 1 unspecified atom stereocenters. The van der Waals surface area contributed by atoms with Gasteiger partial charge in [-0.2, -0.15) is 0 Å². The number of nitrogens with zero attached hydrogens (tertiary/aromatic N) is 2. The molecular formula is C13H18N2O3S. The van der Waals surface area contributed by atoms with Gasteiger partial charge in [0.15, 0.2) is 0 Å². The second kappa shape index (κ2) is 5.69. The predicted molar refractivity (Wildman–Crippen MR) is 74.6 cm³/mol. The fourth-order valence-electron chi connectivity index (χ4n) is 2.14. The van der Waals surface area contributed by atoms with Gasteiger partial charge in [-0.3, -0.25) is 0 Å². The summed E-state index contributed by atoms with van der Waals surface area (Å²) in [6, 6.07) is 0. The lowest BCUT2D eigenvalue weighted by Gasteiger charge is -2.24. The average Bonchev–Trinajstić information content (AvgIpc) is 2.74. The topological polar surface area (TPSA) is 59.0 Å². The number of aliphatic imine (C=N–C) groups is 1. The third-order valence-electron chi connectivity index (χ3n) is 3.12. The van der Waals surface area contributed by atoms with Crippen LogP contribution in [0.1, 0.15) is 33.6 Å². The summed E-state index contributed by atoms with van der Waals surface area (Å²) < 4.78 is 17.2. The highest BCUT2D eigenvalue weighted by atomic mass is 32.2. The van der Waals surface area contributed by atoms with Crippen molar-refractivity contribution < 1.29 is 13.7 Å². The Kier molecular flexibility index (Phi) is 4.19. The van der Waals surface area contributed by atoms with Crippen LogP contribution in [-0.2, 0) is 20.3 Å². The summed E-state index contributed by atoms with van der Waals surface area (Å²) in [6.45, 7) is 6.77. The first-order valence-corrected chi connectivity index (χ1v) is 7.64. The zero-order valence-electron chi connectivity index (χ0n) is 11.4. The van der Waals surface area contributed by atoms with Crippen LogP contribution in [0.2, 0.25) is 0 Å². The molecular weight excluding hydrogens is 264 g/mol. The molecule has 0 amide bonds. The molecule has 5 nitrogen and oxygen atoms in total. The van der Waals surface area contributed by atoms with Crippen LogP contribution in [0.3, 0.4) is 0 Å². The number of carbonyl (C=O) groups is 1. The third kappa shape index (κ3) is 2.49. The molecule has 0 fully saturated rings. The molecule has 2 heterocycles. The molecule has 19 heavy (non-hydrogen) atoms. The molecule has 0 N–H and O–H groups in total. The number of rotatable bonds is 4. The summed E-state index contributed by atoms with van der Waals surface area (Å²) in [6.07, 6.45) is 3.33. The summed E-state index contributed by atoms with van der Waals surface area (Å²) in [5.41, 5.74) is 2.21. The summed E-state index contributed by atoms with van der Waals surface area (Å²) in [5, 5.41) is 0.456. The maximum absolute atomic E-state index is 12.3. The van der Waals surface area contributed by atoms with E-state index in [1.165, 1.54) is 5.57 Å². The Bertz CT molecular complexity index is 520. The summed E-state index contributed by atoms with van der Waals surface area (Å²) >= 11 is 0. The van der Waals surface area contributed by atoms with E-state index in [4.69, 9.17) is 4.74 Å². The van der Waals surface area contributed by atoms with Crippen molar-refractivity contribution >= 4 is 21.9 Å². The first-order valence-electron chi connectivity index (χ1n) is 6.49. The molecule has 0 saturated heterocycles. The number of carbonyl (C=O) groups excluding carboxylic acids is 1. The Labute approximate surface area is 115 Å². The number of hydrogen-bond acceptors (Lipinski definition) is 5. The van der Waals surface area contributed by atoms with Gasteiger partial charge in [-0.25, -0.2) is 14.0 Å². The highest BCUT2D eigenvalue weighted by Crippen LogP contribution is 2.28. The van der Waals surface area contributed by atoms with Crippen LogP contribution in [0, 0.1) is 0 Å². The molecule has 0 aromatic rings. The molecule has 0 spiro atoms. The van der Waals surface area contributed by atoms with Crippen LogP contribution in [-0.4, -0.2) is 33.4 Å². The van der Waals surface area contributed by atoms with Crippen molar-refractivity contribution in [2.75, 3.05) is 13.2 Å². The Hall–Kier alpha value is -1.43. The van der Waals surface area contributed by atoms with Crippen LogP contribution >= 0.6 is 0 Å². The van der Waals surface area contributed by atoms with Crippen molar-refractivity contribution in [1.82, 2.24) is 4.90 Å². The van der Waals surface area contributed by atoms with Crippen molar-refractivity contribution in [3.05, 3.63) is 22.4 Å². The molecule has 2 aliphatic rings. The minimum atomic E-state index is -1.52. The van der Waals surface area contributed by atoms with E-state index in [1.54, 1.807) is 18.0 Å². The van der Waals surface area contributed by atoms with Crippen LogP contribution in [0.5, 0.6) is 0 Å². The van der Waals surface area contributed by atoms with Crippen LogP contribution in [0.25, 0.3) is 0 Å². The lowest BCUT2D eigenvalue weighted by atomic mass is 10.1. The van der Waals surface area contributed by atoms with Gasteiger partial charge in [0.1, 0.15) is 15.7 Å². The summed E-state index contributed by atoms with van der Waals surface area (Å²) in [4.78, 5) is 18.2. The van der Waals surface area contributed by atoms with Gasteiger partial charge in [-0.1, -0.05) is 13.8 Å². The number of amidine groups is 1. The standard InChI is InChI=1S/C13H18N2O3S/c1-4-9-7-15-8-11(12(16)18-6-3)19(17)13(15)14-10(9)5-2/h8H,4-7H2,1-3H3. The molecule has 0 radical (unpaired) electrons. The van der Waals surface area contributed by atoms with Gasteiger partial charge in [-0.05, 0) is 25.3 Å². The van der Waals surface area contributed by atoms with E-state index in [9.17, 15) is 9.00 Å². The highest BCUT2D eigenvalue weighted by molar-refractivity contribution is 8.05. The predicted octanol–water partition coefficient (Wildman–Crippen LogP) is 1.90. The second-order valence-corrected chi connectivity index (χ2v) is 5.60. The molecule has 6 heteroatoms. The summed E-state index contributed by atoms with van der Waals surface area (Å²) in [5.74, 6) is -0.519. The third-order valence-corrected chi connectivity index (χ3v) is 4.45.